The Balaban J connectivity index is 2.26. The van der Waals surface area contributed by atoms with Gasteiger partial charge < -0.3 is 9.52 Å². The van der Waals surface area contributed by atoms with E-state index in [1.165, 1.54) is 6.07 Å². The maximum absolute atomic E-state index is 11.1. The Morgan fingerprint density at radius 1 is 1.39 bits per heavy atom. The predicted octanol–water partition coefficient (Wildman–Crippen LogP) is 1.93. The Morgan fingerprint density at radius 3 is 2.89 bits per heavy atom. The van der Waals surface area contributed by atoms with Crippen molar-refractivity contribution in [3.63, 3.8) is 0 Å². The van der Waals surface area contributed by atoms with Crippen LogP contribution in [0.1, 0.15) is 10.4 Å². The number of oxazole rings is 1. The summed E-state index contributed by atoms with van der Waals surface area (Å²) in [6, 6.07) is 6.60. The van der Waals surface area contributed by atoms with Gasteiger partial charge in [-0.2, -0.15) is 5.10 Å². The van der Waals surface area contributed by atoms with Crippen molar-refractivity contribution in [3.8, 4) is 11.6 Å². The average Bonchev–Trinajstić information content (AvgIpc) is 2.92. The van der Waals surface area contributed by atoms with E-state index in [9.17, 15) is 4.79 Å². The fourth-order valence-corrected chi connectivity index (χ4v) is 1.81. The van der Waals surface area contributed by atoms with Gasteiger partial charge in [0.05, 0.1) is 0 Å². The highest BCUT2D eigenvalue weighted by atomic mass is 16.4. The second kappa shape index (κ2) is 3.69. The lowest BCUT2D eigenvalue weighted by atomic mass is 10.2. The molecule has 0 spiro atoms. The quantitative estimate of drug-likeness (QED) is 0.743. The van der Waals surface area contributed by atoms with Crippen molar-refractivity contribution in [1.29, 1.82) is 0 Å². The Hall–Kier alpha value is -2.63. The summed E-state index contributed by atoms with van der Waals surface area (Å²) in [4.78, 5) is 15.3. The summed E-state index contributed by atoms with van der Waals surface area (Å²) in [7, 11) is 1.77. The third-order valence-corrected chi connectivity index (χ3v) is 2.69. The van der Waals surface area contributed by atoms with Crippen molar-refractivity contribution in [3.05, 3.63) is 36.0 Å². The number of hydrogen-bond donors (Lipinski definition) is 1. The van der Waals surface area contributed by atoms with Gasteiger partial charge in [0.25, 0.3) is 0 Å². The first-order valence-electron chi connectivity index (χ1n) is 5.28. The van der Waals surface area contributed by atoms with Gasteiger partial charge in [0.15, 0.2) is 5.58 Å². The zero-order valence-corrected chi connectivity index (χ0v) is 9.49. The van der Waals surface area contributed by atoms with E-state index >= 15 is 0 Å². The van der Waals surface area contributed by atoms with Gasteiger partial charge in [0.1, 0.15) is 16.8 Å². The van der Waals surface area contributed by atoms with Gasteiger partial charge in [-0.15, -0.1) is 0 Å². The number of hydrogen-bond acceptors (Lipinski definition) is 4. The molecule has 2 aromatic heterocycles. The molecular weight excluding hydrogens is 234 g/mol. The molecule has 1 N–H and O–H groups in total. The number of benzene rings is 1. The average molecular weight is 243 g/mol. The van der Waals surface area contributed by atoms with E-state index in [4.69, 9.17) is 9.52 Å². The first-order chi connectivity index (χ1) is 8.66. The summed E-state index contributed by atoms with van der Waals surface area (Å²) >= 11 is 0. The summed E-state index contributed by atoms with van der Waals surface area (Å²) in [5.74, 6) is -0.674. The third kappa shape index (κ3) is 1.46. The van der Waals surface area contributed by atoms with Crippen molar-refractivity contribution in [2.75, 3.05) is 0 Å². The van der Waals surface area contributed by atoms with Crippen LogP contribution < -0.4 is 0 Å². The van der Waals surface area contributed by atoms with Gasteiger partial charge in [0, 0.05) is 13.2 Å². The van der Waals surface area contributed by atoms with Crippen LogP contribution in [0, 0.1) is 0 Å². The number of rotatable bonds is 2. The molecular formula is C12H9N3O3. The molecule has 90 valence electrons. The molecule has 6 nitrogen and oxygen atoms in total. The lowest BCUT2D eigenvalue weighted by Gasteiger charge is -1.95. The normalized spacial score (nSPS) is 10.9. The number of nitrogens with zero attached hydrogens (tertiary/aromatic N) is 3. The minimum atomic E-state index is -1.03. The zero-order chi connectivity index (χ0) is 12.7. The number of carboxylic acid groups (broad SMARTS) is 1. The van der Waals surface area contributed by atoms with Crippen LogP contribution in [0.25, 0.3) is 22.7 Å². The number of carboxylic acids is 1. The van der Waals surface area contributed by atoms with E-state index in [-0.39, 0.29) is 11.1 Å². The van der Waals surface area contributed by atoms with Gasteiger partial charge in [-0.1, -0.05) is 6.07 Å². The molecule has 0 aliphatic rings. The van der Waals surface area contributed by atoms with Crippen molar-refractivity contribution in [1.82, 2.24) is 14.8 Å². The summed E-state index contributed by atoms with van der Waals surface area (Å²) in [5.41, 5.74) is 1.60. The molecule has 0 aliphatic heterocycles. The molecule has 0 saturated heterocycles. The second-order valence-corrected chi connectivity index (χ2v) is 3.82. The molecule has 3 rings (SSSR count). The maximum Gasteiger partial charge on any atom is 0.339 e. The van der Waals surface area contributed by atoms with Crippen molar-refractivity contribution < 1.29 is 14.3 Å². The van der Waals surface area contributed by atoms with E-state index in [0.717, 1.165) is 0 Å². The standard InChI is InChI=1S/C12H9N3O3/c1-15-9(5-6-13-15)11-14-8-4-2-3-7(12(16)17)10(8)18-11/h2-6H,1H3,(H,16,17). The minimum absolute atomic E-state index is 0.105. The van der Waals surface area contributed by atoms with Gasteiger partial charge in [0.2, 0.25) is 5.89 Å². The molecule has 0 bridgehead atoms. The second-order valence-electron chi connectivity index (χ2n) is 3.82. The van der Waals surface area contributed by atoms with E-state index in [2.05, 4.69) is 10.1 Å². The molecule has 0 atom stereocenters. The molecule has 2 heterocycles. The number of carbonyl (C=O) groups is 1. The lowest BCUT2D eigenvalue weighted by Crippen LogP contribution is -1.95. The number of para-hydroxylation sites is 1. The molecule has 0 fully saturated rings. The van der Waals surface area contributed by atoms with E-state index in [0.29, 0.717) is 17.1 Å². The van der Waals surface area contributed by atoms with Crippen molar-refractivity contribution >= 4 is 17.1 Å². The third-order valence-electron chi connectivity index (χ3n) is 2.69. The molecule has 0 saturated carbocycles. The smallest absolute Gasteiger partial charge is 0.339 e. The summed E-state index contributed by atoms with van der Waals surface area (Å²) < 4.78 is 7.15. The van der Waals surface area contributed by atoms with Gasteiger partial charge in [-0.25, -0.2) is 9.78 Å². The molecule has 3 aromatic rings. The van der Waals surface area contributed by atoms with Crippen molar-refractivity contribution in [2.24, 2.45) is 7.05 Å². The number of aromatic carboxylic acids is 1. The van der Waals surface area contributed by atoms with Crippen LogP contribution in [0.4, 0.5) is 0 Å². The van der Waals surface area contributed by atoms with Crippen molar-refractivity contribution in [2.45, 2.75) is 0 Å². The van der Waals surface area contributed by atoms with Gasteiger partial charge >= 0.3 is 5.97 Å². The van der Waals surface area contributed by atoms with Crippen LogP contribution in [0.2, 0.25) is 0 Å². The Kier molecular flexibility index (Phi) is 2.16. The fourth-order valence-electron chi connectivity index (χ4n) is 1.81. The molecule has 0 unspecified atom stereocenters. The van der Waals surface area contributed by atoms with Gasteiger partial charge in [-0.3, -0.25) is 4.68 Å². The summed E-state index contributed by atoms with van der Waals surface area (Å²) in [5, 5.41) is 13.1. The van der Waals surface area contributed by atoms with Crippen LogP contribution in [0.15, 0.2) is 34.9 Å². The molecule has 18 heavy (non-hydrogen) atoms. The predicted molar refractivity (Wildman–Crippen MR) is 63.2 cm³/mol. The molecule has 1 aromatic carbocycles. The Labute approximate surface area is 101 Å². The molecule has 0 aliphatic carbocycles. The highest BCUT2D eigenvalue weighted by Crippen LogP contribution is 2.26. The van der Waals surface area contributed by atoms with Crippen LogP contribution in [0.3, 0.4) is 0 Å². The fraction of sp³-hybridized carbons (Fsp3) is 0.0833. The van der Waals surface area contributed by atoms with Crippen LogP contribution in [-0.4, -0.2) is 25.8 Å². The van der Waals surface area contributed by atoms with E-state index in [1.54, 1.807) is 36.1 Å². The molecule has 0 radical (unpaired) electrons. The number of fused-ring (bicyclic) bond motifs is 1. The Bertz CT molecular complexity index is 742. The highest BCUT2D eigenvalue weighted by Gasteiger charge is 2.16. The number of aryl methyl sites for hydroxylation is 1. The summed E-state index contributed by atoms with van der Waals surface area (Å²) in [6.45, 7) is 0. The molecule has 0 amide bonds. The van der Waals surface area contributed by atoms with Gasteiger partial charge in [-0.05, 0) is 18.2 Å². The largest absolute Gasteiger partial charge is 0.478 e. The first kappa shape index (κ1) is 10.5. The topological polar surface area (TPSA) is 81.2 Å². The highest BCUT2D eigenvalue weighted by molar-refractivity contribution is 6.00. The molecule has 6 heteroatoms. The lowest BCUT2D eigenvalue weighted by molar-refractivity contribution is 0.0698. The minimum Gasteiger partial charge on any atom is -0.478 e. The SMILES string of the molecule is Cn1nccc1-c1nc2cccc(C(=O)O)c2o1. The summed E-state index contributed by atoms with van der Waals surface area (Å²) in [6.07, 6.45) is 1.63. The van der Waals surface area contributed by atoms with Crippen LogP contribution >= 0.6 is 0 Å². The number of aromatic nitrogens is 3. The zero-order valence-electron chi connectivity index (χ0n) is 9.49. The Morgan fingerprint density at radius 2 is 2.22 bits per heavy atom. The van der Waals surface area contributed by atoms with Crippen LogP contribution in [0.5, 0.6) is 0 Å². The monoisotopic (exact) mass is 243 g/mol. The van der Waals surface area contributed by atoms with E-state index in [1.807, 2.05) is 0 Å². The maximum atomic E-state index is 11.1. The first-order valence-corrected chi connectivity index (χ1v) is 5.28. The van der Waals surface area contributed by atoms with E-state index < -0.39 is 5.97 Å². The van der Waals surface area contributed by atoms with Crippen LogP contribution in [-0.2, 0) is 7.05 Å².